The highest BCUT2D eigenvalue weighted by Gasteiger charge is 2.43. The lowest BCUT2D eigenvalue weighted by atomic mass is 9.88. The second-order valence-electron chi connectivity index (χ2n) is 10.9. The van der Waals surface area contributed by atoms with Crippen molar-refractivity contribution < 1.29 is 19.7 Å². The number of carbonyl (C=O) groups excluding carboxylic acids is 1. The molecule has 0 heterocycles. The summed E-state index contributed by atoms with van der Waals surface area (Å²) in [5.74, 6) is 1.03. The van der Waals surface area contributed by atoms with Gasteiger partial charge in [0.2, 0.25) is 5.91 Å². The monoisotopic (exact) mass is 435 g/mol. The second kappa shape index (κ2) is 11.1. The predicted molar refractivity (Wildman–Crippen MR) is 126 cm³/mol. The van der Waals surface area contributed by atoms with Crippen LogP contribution in [0.1, 0.15) is 79.6 Å². The van der Waals surface area contributed by atoms with Gasteiger partial charge in [-0.1, -0.05) is 43.6 Å². The molecular weight excluding hydrogens is 390 g/mol. The molecule has 2 rings (SSSR count). The third-order valence-corrected chi connectivity index (χ3v) is 7.11. The fourth-order valence-corrected chi connectivity index (χ4v) is 4.76. The zero-order valence-corrected chi connectivity index (χ0v) is 20.6. The van der Waals surface area contributed by atoms with Crippen LogP contribution in [-0.4, -0.2) is 58.5 Å². The highest BCUT2D eigenvalue weighted by molar-refractivity contribution is 5.77. The van der Waals surface area contributed by atoms with E-state index in [1.165, 1.54) is 5.57 Å². The minimum Gasteiger partial charge on any atom is -0.392 e. The molecule has 2 aliphatic rings. The van der Waals surface area contributed by atoms with Crippen molar-refractivity contribution in [1.29, 1.82) is 0 Å². The molecule has 5 nitrogen and oxygen atoms in total. The highest BCUT2D eigenvalue weighted by Crippen LogP contribution is 2.48. The van der Waals surface area contributed by atoms with Crippen LogP contribution < -0.4 is 0 Å². The van der Waals surface area contributed by atoms with E-state index in [-0.39, 0.29) is 30.1 Å². The average Bonchev–Trinajstić information content (AvgIpc) is 3.19. The number of carbonyl (C=O) groups is 1. The Kier molecular flexibility index (Phi) is 9.35. The Morgan fingerprint density at radius 2 is 2.03 bits per heavy atom. The number of aliphatic hydroxyl groups excluding tert-OH is 1. The van der Waals surface area contributed by atoms with E-state index in [0.29, 0.717) is 24.9 Å². The van der Waals surface area contributed by atoms with Gasteiger partial charge in [0.1, 0.15) is 6.61 Å². The molecule has 0 aliphatic heterocycles. The number of hydrogen-bond acceptors (Lipinski definition) is 4. The molecule has 0 spiro atoms. The van der Waals surface area contributed by atoms with Gasteiger partial charge in [-0.2, -0.15) is 0 Å². The molecule has 1 fully saturated rings. The van der Waals surface area contributed by atoms with E-state index in [2.05, 4.69) is 25.2 Å². The molecule has 31 heavy (non-hydrogen) atoms. The SMILES string of the molecule is CCCC[C@](C)(O)CC=C[C@@H]1[C@H]2CC(CCOCC(=O)N(C)C(C)(C)C)=C[C@H]2C[C@H]1O. The number of allylic oxidation sites excluding steroid dienone is 1. The zero-order chi connectivity index (χ0) is 23.2. The third kappa shape index (κ3) is 7.73. The van der Waals surface area contributed by atoms with Crippen molar-refractivity contribution >= 4 is 5.91 Å². The third-order valence-electron chi connectivity index (χ3n) is 7.11. The van der Waals surface area contributed by atoms with Crippen LogP contribution in [-0.2, 0) is 9.53 Å². The minimum absolute atomic E-state index is 0.00733. The number of hydrogen-bond donors (Lipinski definition) is 2. The van der Waals surface area contributed by atoms with Crippen molar-refractivity contribution in [3.63, 3.8) is 0 Å². The number of unbranched alkanes of at least 4 members (excludes halogenated alkanes) is 1. The van der Waals surface area contributed by atoms with Crippen LogP contribution in [0.15, 0.2) is 23.8 Å². The molecule has 1 saturated carbocycles. The first-order valence-electron chi connectivity index (χ1n) is 12.1. The van der Waals surface area contributed by atoms with Crippen molar-refractivity contribution in [2.45, 2.75) is 96.8 Å². The maximum Gasteiger partial charge on any atom is 0.248 e. The number of aliphatic hydroxyl groups is 2. The lowest BCUT2D eigenvalue weighted by Gasteiger charge is -2.31. The first-order chi connectivity index (χ1) is 14.4. The standard InChI is InChI=1S/C26H45NO4/c1-7-8-12-26(5,30)13-9-10-21-22-16-19(15-20(22)17-23(21)28)11-14-31-18-24(29)27(6)25(2,3)4/h9-10,15,20-23,28,30H,7-8,11-14,16-18H2,1-6H3/t20-,21+,22-,23+,26-/m0/s1. The zero-order valence-electron chi connectivity index (χ0n) is 20.6. The molecule has 0 bridgehead atoms. The molecule has 178 valence electrons. The Balaban J connectivity index is 1.77. The summed E-state index contributed by atoms with van der Waals surface area (Å²) in [5, 5.41) is 21.0. The largest absolute Gasteiger partial charge is 0.392 e. The Morgan fingerprint density at radius 1 is 1.32 bits per heavy atom. The van der Waals surface area contributed by atoms with Gasteiger partial charge in [0.05, 0.1) is 18.3 Å². The Morgan fingerprint density at radius 3 is 2.68 bits per heavy atom. The van der Waals surface area contributed by atoms with Gasteiger partial charge < -0.3 is 19.8 Å². The van der Waals surface area contributed by atoms with Crippen LogP contribution in [0.4, 0.5) is 0 Å². The van der Waals surface area contributed by atoms with Crippen LogP contribution in [0, 0.1) is 17.8 Å². The van der Waals surface area contributed by atoms with Gasteiger partial charge in [-0.05, 0) is 71.6 Å². The van der Waals surface area contributed by atoms with Gasteiger partial charge >= 0.3 is 0 Å². The number of ether oxygens (including phenoxy) is 1. The van der Waals surface area contributed by atoms with E-state index in [4.69, 9.17) is 4.74 Å². The van der Waals surface area contributed by atoms with Gasteiger partial charge in [0.25, 0.3) is 0 Å². The van der Waals surface area contributed by atoms with Crippen molar-refractivity contribution in [3.8, 4) is 0 Å². The molecule has 1 amide bonds. The number of rotatable bonds is 11. The summed E-state index contributed by atoms with van der Waals surface area (Å²) in [6.45, 7) is 10.8. The molecule has 0 saturated heterocycles. The van der Waals surface area contributed by atoms with Gasteiger partial charge in [-0.25, -0.2) is 0 Å². The number of nitrogens with zero attached hydrogens (tertiary/aromatic N) is 1. The topological polar surface area (TPSA) is 70.0 Å². The summed E-state index contributed by atoms with van der Waals surface area (Å²) < 4.78 is 5.66. The molecule has 5 atom stereocenters. The van der Waals surface area contributed by atoms with Crippen LogP contribution in [0.25, 0.3) is 0 Å². The average molecular weight is 436 g/mol. The molecule has 0 aromatic rings. The van der Waals surface area contributed by atoms with E-state index in [0.717, 1.165) is 38.5 Å². The van der Waals surface area contributed by atoms with Gasteiger partial charge in [-0.15, -0.1) is 0 Å². The minimum atomic E-state index is -0.662. The number of amides is 1. The summed E-state index contributed by atoms with van der Waals surface area (Å²) in [6, 6.07) is 0. The molecule has 0 aromatic heterocycles. The Labute approximate surface area is 189 Å². The molecular formula is C26H45NO4. The summed E-state index contributed by atoms with van der Waals surface area (Å²) in [5.41, 5.74) is 0.523. The van der Waals surface area contributed by atoms with Crippen LogP contribution in [0.3, 0.4) is 0 Å². The summed E-state index contributed by atoms with van der Waals surface area (Å²) in [7, 11) is 1.81. The summed E-state index contributed by atoms with van der Waals surface area (Å²) >= 11 is 0. The highest BCUT2D eigenvalue weighted by atomic mass is 16.5. The van der Waals surface area contributed by atoms with Crippen molar-refractivity contribution in [3.05, 3.63) is 23.8 Å². The lowest BCUT2D eigenvalue weighted by Crippen LogP contribution is -2.44. The summed E-state index contributed by atoms with van der Waals surface area (Å²) in [4.78, 5) is 13.9. The van der Waals surface area contributed by atoms with E-state index >= 15 is 0 Å². The van der Waals surface area contributed by atoms with Gasteiger partial charge in [0.15, 0.2) is 0 Å². The van der Waals surface area contributed by atoms with E-state index in [9.17, 15) is 15.0 Å². The normalized spacial score (nSPS) is 27.9. The number of fused-ring (bicyclic) bond motifs is 1. The molecule has 0 unspecified atom stereocenters. The van der Waals surface area contributed by atoms with Crippen LogP contribution >= 0.6 is 0 Å². The maximum atomic E-state index is 12.2. The first-order valence-corrected chi connectivity index (χ1v) is 12.1. The van der Waals surface area contributed by atoms with Crippen molar-refractivity contribution in [2.75, 3.05) is 20.3 Å². The second-order valence-corrected chi connectivity index (χ2v) is 10.9. The van der Waals surface area contributed by atoms with Crippen LogP contribution in [0.2, 0.25) is 0 Å². The van der Waals surface area contributed by atoms with Gasteiger partial charge in [0, 0.05) is 18.5 Å². The molecule has 5 heteroatoms. The van der Waals surface area contributed by atoms with E-state index in [1.807, 2.05) is 34.7 Å². The Bertz CT molecular complexity index is 646. The fourth-order valence-electron chi connectivity index (χ4n) is 4.76. The first kappa shape index (κ1) is 26.1. The van der Waals surface area contributed by atoms with Crippen LogP contribution in [0.5, 0.6) is 0 Å². The molecule has 2 aliphatic carbocycles. The molecule has 0 aromatic carbocycles. The Hall–Kier alpha value is -1.17. The van der Waals surface area contributed by atoms with Gasteiger partial charge in [-0.3, -0.25) is 4.79 Å². The smallest absolute Gasteiger partial charge is 0.248 e. The summed E-state index contributed by atoms with van der Waals surface area (Å²) in [6.07, 6.45) is 12.5. The van der Waals surface area contributed by atoms with E-state index < -0.39 is 5.60 Å². The quantitative estimate of drug-likeness (QED) is 0.371. The fraction of sp³-hybridized carbons (Fsp3) is 0.808. The van der Waals surface area contributed by atoms with Crippen molar-refractivity contribution in [2.24, 2.45) is 17.8 Å². The number of likely N-dealkylation sites (N-methyl/N-ethyl adjacent to an activating group) is 1. The maximum absolute atomic E-state index is 12.2. The molecule has 2 N–H and O–H groups in total. The van der Waals surface area contributed by atoms with E-state index in [1.54, 1.807) is 4.90 Å². The molecule has 0 radical (unpaired) electrons. The van der Waals surface area contributed by atoms with Crippen molar-refractivity contribution in [1.82, 2.24) is 4.90 Å². The predicted octanol–water partition coefficient (Wildman–Crippen LogP) is 4.48. The lowest BCUT2D eigenvalue weighted by molar-refractivity contribution is -0.139.